The highest BCUT2D eigenvalue weighted by atomic mass is 15.1. The molecule has 0 aromatic rings. The van der Waals surface area contributed by atoms with Crippen LogP contribution in [0.3, 0.4) is 0 Å². The lowest BCUT2D eigenvalue weighted by Crippen LogP contribution is -2.06. The van der Waals surface area contributed by atoms with Crippen LogP contribution in [-0.4, -0.2) is 58.4 Å². The Kier molecular flexibility index (Phi) is 49.0. The number of rotatable bonds is 1. The summed E-state index contributed by atoms with van der Waals surface area (Å²) in [5.74, 6) is 0. The molecule has 0 amide bonds. The van der Waals surface area contributed by atoms with Gasteiger partial charge >= 0.3 is 0 Å². The van der Waals surface area contributed by atoms with Crippen molar-refractivity contribution >= 4 is 6.34 Å². The second kappa shape index (κ2) is 29.4. The van der Waals surface area contributed by atoms with Crippen molar-refractivity contribution < 1.29 is 0 Å². The Morgan fingerprint density at radius 2 is 1.00 bits per heavy atom. The summed E-state index contributed by atoms with van der Waals surface area (Å²) in [5.41, 5.74) is 0. The lowest BCUT2D eigenvalue weighted by Gasteiger charge is -1.98. The van der Waals surface area contributed by atoms with Crippen LogP contribution >= 0.6 is 0 Å². The van der Waals surface area contributed by atoms with Gasteiger partial charge in [-0.2, -0.15) is 0 Å². The zero-order chi connectivity index (χ0) is 12.6. The highest BCUT2D eigenvalue weighted by molar-refractivity contribution is 5.53. The van der Waals surface area contributed by atoms with Crippen molar-refractivity contribution in [2.24, 2.45) is 4.99 Å². The first-order valence-corrected chi connectivity index (χ1v) is 5.20. The topological polar surface area (TPSA) is 18.8 Å². The Balaban J connectivity index is -0.0000000546. The number of aliphatic imine (C=N–C) groups is 1. The molecule has 0 heterocycles. The summed E-state index contributed by atoms with van der Waals surface area (Å²) in [4.78, 5) is 7.62. The molecule has 0 aliphatic rings. The van der Waals surface area contributed by atoms with Gasteiger partial charge in [0.15, 0.2) is 0 Å². The Morgan fingerprint density at radius 1 is 0.786 bits per heavy atom. The first-order chi connectivity index (χ1) is 6.50. The van der Waals surface area contributed by atoms with Gasteiger partial charge in [0.25, 0.3) is 0 Å². The van der Waals surface area contributed by atoms with Crippen molar-refractivity contribution in [3.63, 3.8) is 0 Å². The van der Waals surface area contributed by atoms with Crippen molar-refractivity contribution in [2.75, 3.05) is 42.3 Å². The Labute approximate surface area is 91.8 Å². The maximum absolute atomic E-state index is 3.74. The van der Waals surface area contributed by atoms with Gasteiger partial charge in [0.1, 0.15) is 0 Å². The van der Waals surface area contributed by atoms with E-state index < -0.39 is 0 Å². The molecule has 0 aliphatic heterocycles. The van der Waals surface area contributed by atoms with E-state index in [0.29, 0.717) is 0 Å². The number of hydrogen-bond donors (Lipinski definition) is 0. The number of hydrogen-bond acceptors (Lipinski definition) is 2. The van der Waals surface area contributed by atoms with E-state index in [-0.39, 0.29) is 0 Å². The van der Waals surface area contributed by atoms with Gasteiger partial charge < -0.3 is 9.80 Å². The predicted octanol–water partition coefficient (Wildman–Crippen LogP) is 2.44. The van der Waals surface area contributed by atoms with E-state index in [0.717, 1.165) is 0 Å². The zero-order valence-electron chi connectivity index (χ0n) is 11.9. The molecule has 0 unspecified atom stereocenters. The number of nitrogens with zero attached hydrogens (tertiary/aromatic N) is 3. The molecule has 0 atom stereocenters. The molecule has 0 fully saturated rings. The predicted molar refractivity (Wildman–Crippen MR) is 70.4 cm³/mol. The minimum Gasteiger partial charge on any atom is -0.369 e. The van der Waals surface area contributed by atoms with Crippen LogP contribution in [0.4, 0.5) is 0 Å². The highest BCUT2D eigenvalue weighted by Crippen LogP contribution is 1.59. The van der Waals surface area contributed by atoms with Crippen LogP contribution < -0.4 is 0 Å². The monoisotopic (exact) mass is 205 g/mol. The molecule has 0 aromatic carbocycles. The summed E-state index contributed by atoms with van der Waals surface area (Å²) in [6.07, 6.45) is 1.75. The molecule has 14 heavy (non-hydrogen) atoms. The van der Waals surface area contributed by atoms with Crippen LogP contribution in [0, 0.1) is 0 Å². The molecular weight excluding hydrogens is 174 g/mol. The van der Waals surface area contributed by atoms with E-state index in [4.69, 9.17) is 0 Å². The fourth-order valence-corrected chi connectivity index (χ4v) is 0.231. The fraction of sp³-hybridized carbons (Fsp3) is 0.909. The molecule has 3 nitrogen and oxygen atoms in total. The lowest BCUT2D eigenvalue weighted by atomic mass is 10.9. The smallest absolute Gasteiger partial charge is 0.0841 e. The van der Waals surface area contributed by atoms with Gasteiger partial charge in [-0.15, -0.1) is 0 Å². The standard InChI is InChI=1S/C4H10N2.C3H9N.2C2H6/c1-5-4-6(2)3;1-4(2)3;2*1-2/h4H,1-3H3;1-3H3;2*1-2H3. The molecule has 3 heteroatoms. The van der Waals surface area contributed by atoms with Crippen molar-refractivity contribution in [3.8, 4) is 0 Å². The average molecular weight is 205 g/mol. The summed E-state index contributed by atoms with van der Waals surface area (Å²) >= 11 is 0. The minimum absolute atomic E-state index is 1.75. The average Bonchev–Trinajstić information content (AvgIpc) is 2.10. The highest BCUT2D eigenvalue weighted by Gasteiger charge is 1.67. The second-order valence-electron chi connectivity index (χ2n) is 2.68. The van der Waals surface area contributed by atoms with E-state index in [1.165, 1.54) is 0 Å². The van der Waals surface area contributed by atoms with Crippen LogP contribution in [-0.2, 0) is 0 Å². The summed E-state index contributed by atoms with van der Waals surface area (Å²) in [6.45, 7) is 8.00. The van der Waals surface area contributed by atoms with Crippen LogP contribution in [0.2, 0.25) is 0 Å². The van der Waals surface area contributed by atoms with E-state index >= 15 is 0 Å². The normalized spacial score (nSPS) is 7.64. The first-order valence-electron chi connectivity index (χ1n) is 5.20. The SMILES string of the molecule is CC.CC.CN(C)C.CN=CN(C)C. The van der Waals surface area contributed by atoms with Gasteiger partial charge in [-0.05, 0) is 21.1 Å². The third kappa shape index (κ3) is 211. The van der Waals surface area contributed by atoms with Crippen molar-refractivity contribution in [1.29, 1.82) is 0 Å². The maximum atomic E-state index is 3.74. The van der Waals surface area contributed by atoms with Crippen LogP contribution in [0.5, 0.6) is 0 Å². The van der Waals surface area contributed by atoms with E-state index in [2.05, 4.69) is 4.99 Å². The molecule has 0 aromatic heterocycles. The third-order valence-corrected chi connectivity index (χ3v) is 0.346. The quantitative estimate of drug-likeness (QED) is 0.484. The molecular formula is C11H31N3. The molecule has 0 spiro atoms. The molecule has 0 aliphatic carbocycles. The van der Waals surface area contributed by atoms with Gasteiger partial charge in [0.2, 0.25) is 0 Å². The first kappa shape index (κ1) is 23.3. The lowest BCUT2D eigenvalue weighted by molar-refractivity contribution is 0.505. The van der Waals surface area contributed by atoms with E-state index in [1.54, 1.807) is 13.4 Å². The van der Waals surface area contributed by atoms with E-state index in [9.17, 15) is 0 Å². The molecule has 0 bridgehead atoms. The largest absolute Gasteiger partial charge is 0.369 e. The Morgan fingerprint density at radius 3 is 1.00 bits per heavy atom. The molecule has 0 saturated carbocycles. The molecule has 0 radical (unpaired) electrons. The Bertz CT molecular complexity index is 75.8. The molecule has 0 N–H and O–H groups in total. The minimum atomic E-state index is 1.75. The maximum Gasteiger partial charge on any atom is 0.0841 e. The van der Waals surface area contributed by atoms with Crippen molar-refractivity contribution in [1.82, 2.24) is 9.80 Å². The van der Waals surface area contributed by atoms with Crippen molar-refractivity contribution in [3.05, 3.63) is 0 Å². The van der Waals surface area contributed by atoms with E-state index in [1.807, 2.05) is 72.7 Å². The van der Waals surface area contributed by atoms with Gasteiger partial charge in [0, 0.05) is 21.1 Å². The summed E-state index contributed by atoms with van der Waals surface area (Å²) in [7, 11) is 11.6. The van der Waals surface area contributed by atoms with Gasteiger partial charge in [0.05, 0.1) is 6.34 Å². The van der Waals surface area contributed by atoms with Crippen LogP contribution in [0.15, 0.2) is 4.99 Å². The van der Waals surface area contributed by atoms with Crippen molar-refractivity contribution in [2.45, 2.75) is 27.7 Å². The second-order valence-corrected chi connectivity index (χ2v) is 2.68. The third-order valence-electron chi connectivity index (χ3n) is 0.346. The van der Waals surface area contributed by atoms with Gasteiger partial charge in [-0.25, -0.2) is 0 Å². The molecule has 0 rings (SSSR count). The van der Waals surface area contributed by atoms with Crippen LogP contribution in [0.1, 0.15) is 27.7 Å². The molecule has 90 valence electrons. The summed E-state index contributed by atoms with van der Waals surface area (Å²) in [5, 5.41) is 0. The van der Waals surface area contributed by atoms with Gasteiger partial charge in [-0.3, -0.25) is 4.99 Å². The summed E-state index contributed by atoms with van der Waals surface area (Å²) < 4.78 is 0. The van der Waals surface area contributed by atoms with Crippen LogP contribution in [0.25, 0.3) is 0 Å². The summed E-state index contributed by atoms with van der Waals surface area (Å²) in [6, 6.07) is 0. The fourth-order valence-electron chi connectivity index (χ4n) is 0.231. The molecule has 0 saturated heterocycles. The zero-order valence-corrected chi connectivity index (χ0v) is 11.9. The Hall–Kier alpha value is -0.570. The van der Waals surface area contributed by atoms with Gasteiger partial charge in [-0.1, -0.05) is 27.7 Å².